The molecule has 0 N–H and O–H groups in total. The van der Waals surface area contributed by atoms with E-state index in [0.717, 1.165) is 48.0 Å². The summed E-state index contributed by atoms with van der Waals surface area (Å²) in [6.45, 7) is 0.608. The number of unbranched alkanes of at least 4 members (excludes halogenated alkanes) is 1. The van der Waals surface area contributed by atoms with Crippen LogP contribution in [-0.2, 0) is 9.37 Å². The Hall–Kier alpha value is -1.12. The van der Waals surface area contributed by atoms with Crippen molar-refractivity contribution in [3.63, 3.8) is 0 Å². The first-order valence-electron chi connectivity index (χ1n) is 7.86. The van der Waals surface area contributed by atoms with E-state index in [4.69, 9.17) is 4.74 Å². The summed E-state index contributed by atoms with van der Waals surface area (Å²) in [4.78, 5) is 10.6. The molecule has 0 heterocycles. The molecule has 0 aliphatic heterocycles. The van der Waals surface area contributed by atoms with Gasteiger partial charge in [0, 0.05) is 23.4 Å². The van der Waals surface area contributed by atoms with E-state index in [1.807, 2.05) is 48.6 Å². The van der Waals surface area contributed by atoms with Gasteiger partial charge >= 0.3 is 29.6 Å². The van der Waals surface area contributed by atoms with Gasteiger partial charge in [0.15, 0.2) is 0 Å². The first-order valence-corrected chi connectivity index (χ1v) is 8.77. The molecule has 5 nitrogen and oxygen atoms in total. The average molecular weight is 382 g/mol. The van der Waals surface area contributed by atoms with Gasteiger partial charge in [-0.3, -0.25) is 9.83 Å². The maximum Gasteiger partial charge on any atom is 1.00 e. The number of rotatable bonds is 11. The predicted molar refractivity (Wildman–Crippen MR) is 96.6 cm³/mol. The van der Waals surface area contributed by atoms with Crippen LogP contribution in [0.5, 0.6) is 5.75 Å². The zero-order valence-electron chi connectivity index (χ0n) is 14.6. The first kappa shape index (κ1) is 22.9. The van der Waals surface area contributed by atoms with Gasteiger partial charge in [0.25, 0.3) is 0 Å². The zero-order chi connectivity index (χ0) is 17.7. The number of ether oxygens (including phenoxy) is 1. The van der Waals surface area contributed by atoms with Gasteiger partial charge in [-0.1, -0.05) is 48.6 Å². The van der Waals surface area contributed by atoms with Crippen LogP contribution in [0.25, 0.3) is 12.2 Å². The van der Waals surface area contributed by atoms with Crippen molar-refractivity contribution in [3.8, 4) is 5.75 Å². The summed E-state index contributed by atoms with van der Waals surface area (Å²) in [6.07, 6.45) is 6.58. The van der Waals surface area contributed by atoms with Crippen molar-refractivity contribution in [3.05, 3.63) is 65.2 Å². The minimum atomic E-state index is 0. The summed E-state index contributed by atoms with van der Waals surface area (Å²) in [5.74, 6) is 1.50. The second-order valence-electron chi connectivity index (χ2n) is 5.20. The van der Waals surface area contributed by atoms with Crippen LogP contribution in [0.15, 0.2) is 48.5 Å². The number of carbonyl (C=O) groups excluding carboxylic acids is 1. The van der Waals surface area contributed by atoms with Crippen LogP contribution >= 0.6 is 12.0 Å². The maximum atomic E-state index is 10.6. The third kappa shape index (κ3) is 9.00. The van der Waals surface area contributed by atoms with E-state index in [0.29, 0.717) is 17.9 Å². The van der Waals surface area contributed by atoms with E-state index < -0.39 is 0 Å². The van der Waals surface area contributed by atoms with Crippen molar-refractivity contribution in [2.24, 2.45) is 0 Å². The summed E-state index contributed by atoms with van der Waals surface area (Å²) in [7, 11) is 0. The Labute approximate surface area is 179 Å². The fourth-order valence-electron chi connectivity index (χ4n) is 2.06. The van der Waals surface area contributed by atoms with Crippen LogP contribution in [0.4, 0.5) is 0 Å². The summed E-state index contributed by atoms with van der Waals surface area (Å²) in [5.41, 5.74) is 2.77. The van der Waals surface area contributed by atoms with E-state index in [-0.39, 0.29) is 29.6 Å². The van der Waals surface area contributed by atoms with Crippen molar-refractivity contribution < 1.29 is 53.7 Å². The normalized spacial score (nSPS) is 10.5. The van der Waals surface area contributed by atoms with Crippen LogP contribution in [0.1, 0.15) is 34.3 Å². The first-order chi connectivity index (χ1) is 12.3. The Morgan fingerprint density at radius 1 is 0.885 bits per heavy atom. The van der Waals surface area contributed by atoms with E-state index in [1.54, 1.807) is 12.1 Å². The molecule has 2 aromatic carbocycles. The topological polar surface area (TPSA) is 67.8 Å². The van der Waals surface area contributed by atoms with Gasteiger partial charge in [0.1, 0.15) is 12.0 Å². The molecule has 132 valence electrons. The fourth-order valence-corrected chi connectivity index (χ4v) is 2.49. The summed E-state index contributed by atoms with van der Waals surface area (Å²) < 4.78 is 9.83. The van der Waals surface area contributed by atoms with Crippen molar-refractivity contribution in [1.82, 2.24) is 0 Å². The maximum absolute atomic E-state index is 10.6. The molecule has 2 aromatic rings. The quantitative estimate of drug-likeness (QED) is 0.108. The van der Waals surface area contributed by atoms with Gasteiger partial charge in [-0.15, -0.1) is 0 Å². The average Bonchev–Trinajstić information content (AvgIpc) is 2.67. The molecule has 0 atom stereocenters. The standard InChI is InChI=1S/C19H20O5S.Na/c20-15-18-7-5-16(6-8-18)3-4-17-9-11-19(12-10-17)22-13-1-2-14-25-24-23-21;/h3-12,15,21H,1-2,13-14H2;/q;+1/p-1/b4-3+;. The largest absolute Gasteiger partial charge is 1.00 e. The molecule has 0 aliphatic carbocycles. The SMILES string of the molecule is O=Cc1ccc(/C=C/c2ccc(OCCCCSOO[O-])cc2)cc1.[Na+]. The number of benzene rings is 2. The predicted octanol–water partition coefficient (Wildman–Crippen LogP) is 0.704. The van der Waals surface area contributed by atoms with E-state index in [9.17, 15) is 10.1 Å². The number of aldehydes is 1. The summed E-state index contributed by atoms with van der Waals surface area (Å²) in [6, 6.07) is 15.2. The molecular weight excluding hydrogens is 363 g/mol. The monoisotopic (exact) mass is 382 g/mol. The molecule has 0 bridgehead atoms. The Balaban J connectivity index is 0.00000338. The Morgan fingerprint density at radius 2 is 1.46 bits per heavy atom. The van der Waals surface area contributed by atoms with E-state index in [1.165, 1.54) is 0 Å². The molecule has 0 spiro atoms. The van der Waals surface area contributed by atoms with Gasteiger partial charge in [0.05, 0.1) is 6.61 Å². The molecule has 0 saturated carbocycles. The van der Waals surface area contributed by atoms with Gasteiger partial charge in [0.2, 0.25) is 0 Å². The van der Waals surface area contributed by atoms with Crippen molar-refractivity contribution in [2.75, 3.05) is 12.4 Å². The van der Waals surface area contributed by atoms with Crippen LogP contribution < -0.4 is 39.6 Å². The number of hydrogen-bond donors (Lipinski definition) is 0. The van der Waals surface area contributed by atoms with E-state index >= 15 is 0 Å². The molecular formula is C19H19NaO5S. The minimum absolute atomic E-state index is 0. The van der Waals surface area contributed by atoms with Gasteiger partial charge < -0.3 is 9.99 Å². The van der Waals surface area contributed by atoms with Crippen molar-refractivity contribution in [2.45, 2.75) is 12.8 Å². The van der Waals surface area contributed by atoms with Crippen LogP contribution in [0.2, 0.25) is 0 Å². The van der Waals surface area contributed by atoms with Gasteiger partial charge in [-0.2, -0.15) is 4.33 Å². The van der Waals surface area contributed by atoms with Crippen molar-refractivity contribution >= 4 is 30.5 Å². The smallest absolute Gasteiger partial charge is 0.691 e. The molecule has 0 radical (unpaired) electrons. The molecule has 26 heavy (non-hydrogen) atoms. The molecule has 0 amide bonds. The minimum Gasteiger partial charge on any atom is -0.691 e. The van der Waals surface area contributed by atoms with E-state index in [2.05, 4.69) is 9.37 Å². The van der Waals surface area contributed by atoms with Crippen LogP contribution in [0.3, 0.4) is 0 Å². The third-order valence-electron chi connectivity index (χ3n) is 3.39. The van der Waals surface area contributed by atoms with Gasteiger partial charge in [-0.05, 0) is 36.1 Å². The molecule has 2 rings (SSSR count). The molecule has 0 aliphatic rings. The number of hydrogen-bond acceptors (Lipinski definition) is 6. The summed E-state index contributed by atoms with van der Waals surface area (Å²) in [5, 5.41) is 12.8. The Kier molecular flexibility index (Phi) is 12.3. The van der Waals surface area contributed by atoms with Crippen LogP contribution in [0, 0.1) is 0 Å². The third-order valence-corrected chi connectivity index (χ3v) is 3.99. The summed E-state index contributed by atoms with van der Waals surface area (Å²) >= 11 is 0.992. The molecule has 0 saturated heterocycles. The van der Waals surface area contributed by atoms with Crippen molar-refractivity contribution in [1.29, 1.82) is 0 Å². The second-order valence-corrected chi connectivity index (χ2v) is 5.98. The second kappa shape index (κ2) is 14.0. The van der Waals surface area contributed by atoms with Crippen LogP contribution in [-0.4, -0.2) is 18.6 Å². The Bertz CT molecular complexity index is 659. The van der Waals surface area contributed by atoms with Gasteiger partial charge in [-0.25, -0.2) is 0 Å². The fraction of sp³-hybridized carbons (Fsp3) is 0.211. The molecule has 7 heteroatoms. The molecule has 0 fully saturated rings. The molecule has 0 aromatic heterocycles. The number of carbonyl (C=O) groups is 1. The Morgan fingerprint density at radius 3 is 2.04 bits per heavy atom. The zero-order valence-corrected chi connectivity index (χ0v) is 17.4. The molecule has 0 unspecified atom stereocenters.